The average molecular weight is 320 g/mol. The fourth-order valence-electron chi connectivity index (χ4n) is 2.69. The summed E-state index contributed by atoms with van der Waals surface area (Å²) in [4.78, 5) is 5.71. The predicted octanol–water partition coefficient (Wildman–Crippen LogP) is 3.90. The number of aromatic nitrogens is 4. The fourth-order valence-corrected chi connectivity index (χ4v) is 3.42. The van der Waals surface area contributed by atoms with Gasteiger partial charge in [-0.1, -0.05) is 30.3 Å². The van der Waals surface area contributed by atoms with Gasteiger partial charge in [0.15, 0.2) is 0 Å². The molecule has 0 aliphatic carbocycles. The summed E-state index contributed by atoms with van der Waals surface area (Å²) in [6.45, 7) is 1.59. The molecule has 0 amide bonds. The maximum absolute atomic E-state index is 4.52. The zero-order chi connectivity index (χ0) is 15.5. The van der Waals surface area contributed by atoms with Gasteiger partial charge in [-0.3, -0.25) is 4.68 Å². The number of benzene rings is 1. The number of hydrogen-bond acceptors (Lipinski definition) is 3. The lowest BCUT2D eigenvalue weighted by atomic mass is 10.1. The molecule has 3 aromatic heterocycles. The van der Waals surface area contributed by atoms with Crippen molar-refractivity contribution in [3.8, 4) is 10.7 Å². The summed E-state index contributed by atoms with van der Waals surface area (Å²) < 4.78 is 4.15. The molecule has 0 unspecified atom stereocenters. The van der Waals surface area contributed by atoms with Crippen LogP contribution in [0.25, 0.3) is 10.7 Å². The molecule has 0 spiro atoms. The molecule has 0 N–H and O–H groups in total. The molecule has 4 aromatic rings. The molecule has 4 rings (SSSR count). The quantitative estimate of drug-likeness (QED) is 0.559. The zero-order valence-electron chi connectivity index (χ0n) is 12.5. The largest absolute Gasteiger partial charge is 0.326 e. The summed E-state index contributed by atoms with van der Waals surface area (Å²) >= 11 is 1.72. The predicted molar refractivity (Wildman–Crippen MR) is 92.4 cm³/mol. The van der Waals surface area contributed by atoms with Crippen molar-refractivity contribution in [2.45, 2.75) is 13.1 Å². The highest BCUT2D eigenvalue weighted by Crippen LogP contribution is 2.24. The molecule has 23 heavy (non-hydrogen) atoms. The normalized spacial score (nSPS) is 11.0. The monoisotopic (exact) mass is 320 g/mol. The van der Waals surface area contributed by atoms with Gasteiger partial charge in [0, 0.05) is 31.3 Å². The minimum atomic E-state index is 0.784. The van der Waals surface area contributed by atoms with E-state index in [2.05, 4.69) is 56.4 Å². The van der Waals surface area contributed by atoms with E-state index in [1.807, 2.05) is 35.5 Å². The van der Waals surface area contributed by atoms with E-state index in [-0.39, 0.29) is 0 Å². The van der Waals surface area contributed by atoms with E-state index < -0.39 is 0 Å². The first-order chi connectivity index (χ1) is 11.4. The van der Waals surface area contributed by atoms with E-state index >= 15 is 0 Å². The zero-order valence-corrected chi connectivity index (χ0v) is 13.4. The van der Waals surface area contributed by atoms with Gasteiger partial charge in [-0.2, -0.15) is 5.10 Å². The van der Waals surface area contributed by atoms with Crippen LogP contribution in [-0.4, -0.2) is 19.3 Å². The van der Waals surface area contributed by atoms with Crippen molar-refractivity contribution >= 4 is 11.3 Å². The Kier molecular flexibility index (Phi) is 3.78. The summed E-state index contributed by atoms with van der Waals surface area (Å²) in [6.07, 6.45) is 7.71. The van der Waals surface area contributed by atoms with Crippen LogP contribution in [0.3, 0.4) is 0 Å². The molecule has 0 atom stereocenters. The van der Waals surface area contributed by atoms with Gasteiger partial charge < -0.3 is 4.57 Å². The minimum absolute atomic E-state index is 0.784. The van der Waals surface area contributed by atoms with Crippen LogP contribution in [0.5, 0.6) is 0 Å². The summed E-state index contributed by atoms with van der Waals surface area (Å²) in [5, 5.41) is 6.39. The molecular formula is C18H16N4S. The second-order valence-electron chi connectivity index (χ2n) is 5.33. The SMILES string of the molecule is c1csc(-c2nccn2Cc2ccccc2Cn2cccn2)c1. The minimum Gasteiger partial charge on any atom is -0.326 e. The number of imidazole rings is 1. The van der Waals surface area contributed by atoms with Crippen molar-refractivity contribution in [1.82, 2.24) is 19.3 Å². The molecule has 0 aliphatic heterocycles. The molecule has 0 fully saturated rings. The van der Waals surface area contributed by atoms with Crippen LogP contribution < -0.4 is 0 Å². The molecule has 0 radical (unpaired) electrons. The van der Waals surface area contributed by atoms with Crippen molar-refractivity contribution in [3.63, 3.8) is 0 Å². The molecular weight excluding hydrogens is 304 g/mol. The van der Waals surface area contributed by atoms with E-state index in [0.29, 0.717) is 0 Å². The number of nitrogens with zero attached hydrogens (tertiary/aromatic N) is 4. The third-order valence-electron chi connectivity index (χ3n) is 3.81. The van der Waals surface area contributed by atoms with Crippen LogP contribution in [0.2, 0.25) is 0 Å². The summed E-state index contributed by atoms with van der Waals surface area (Å²) in [5.41, 5.74) is 2.57. The van der Waals surface area contributed by atoms with Gasteiger partial charge in [0.1, 0.15) is 5.82 Å². The second-order valence-corrected chi connectivity index (χ2v) is 6.28. The van der Waals surface area contributed by atoms with Crippen LogP contribution in [0.4, 0.5) is 0 Å². The first-order valence-electron chi connectivity index (χ1n) is 7.49. The van der Waals surface area contributed by atoms with Gasteiger partial charge in [-0.15, -0.1) is 11.3 Å². The molecule has 0 saturated heterocycles. The molecule has 114 valence electrons. The van der Waals surface area contributed by atoms with Gasteiger partial charge in [0.25, 0.3) is 0 Å². The molecule has 1 aromatic carbocycles. The van der Waals surface area contributed by atoms with Crippen LogP contribution in [0, 0.1) is 0 Å². The Hall–Kier alpha value is -2.66. The average Bonchev–Trinajstić information content (AvgIpc) is 3.31. The molecule has 4 nitrogen and oxygen atoms in total. The van der Waals surface area contributed by atoms with Crippen molar-refractivity contribution < 1.29 is 0 Å². The molecule has 0 saturated carbocycles. The topological polar surface area (TPSA) is 35.6 Å². The molecule has 3 heterocycles. The maximum atomic E-state index is 4.52. The Bertz CT molecular complexity index is 876. The third-order valence-corrected chi connectivity index (χ3v) is 4.67. The smallest absolute Gasteiger partial charge is 0.150 e. The van der Waals surface area contributed by atoms with E-state index in [0.717, 1.165) is 18.9 Å². The van der Waals surface area contributed by atoms with Crippen LogP contribution in [0.1, 0.15) is 11.1 Å². The Morgan fingerprint density at radius 3 is 2.48 bits per heavy atom. The lowest BCUT2D eigenvalue weighted by Gasteiger charge is -2.12. The number of hydrogen-bond donors (Lipinski definition) is 0. The van der Waals surface area contributed by atoms with Crippen LogP contribution >= 0.6 is 11.3 Å². The summed E-state index contributed by atoms with van der Waals surface area (Å²) in [5.74, 6) is 1.02. The molecule has 5 heteroatoms. The van der Waals surface area contributed by atoms with Crippen LogP contribution in [-0.2, 0) is 13.1 Å². The lowest BCUT2D eigenvalue weighted by molar-refractivity contribution is 0.675. The Labute approximate surface area is 138 Å². The van der Waals surface area contributed by atoms with E-state index in [9.17, 15) is 0 Å². The van der Waals surface area contributed by atoms with Gasteiger partial charge in [-0.25, -0.2) is 4.98 Å². The summed E-state index contributed by atoms with van der Waals surface area (Å²) in [6, 6.07) is 14.6. The van der Waals surface area contributed by atoms with Crippen molar-refractivity contribution in [2.24, 2.45) is 0 Å². The van der Waals surface area contributed by atoms with Gasteiger partial charge in [0.05, 0.1) is 11.4 Å². The molecule has 0 bridgehead atoms. The van der Waals surface area contributed by atoms with Crippen molar-refractivity contribution in [2.75, 3.05) is 0 Å². The van der Waals surface area contributed by atoms with E-state index in [1.54, 1.807) is 11.3 Å². The standard InChI is InChI=1S/C18H16N4S/c1-2-6-16(14-22-10-4-8-20-22)15(5-1)13-21-11-9-19-18(21)17-7-3-12-23-17/h1-12H,13-14H2. The number of rotatable bonds is 5. The highest BCUT2D eigenvalue weighted by molar-refractivity contribution is 7.13. The summed E-state index contributed by atoms with van der Waals surface area (Å²) in [7, 11) is 0. The Morgan fingerprint density at radius 1 is 0.870 bits per heavy atom. The van der Waals surface area contributed by atoms with Crippen molar-refractivity contribution in [1.29, 1.82) is 0 Å². The first kappa shape index (κ1) is 14.0. The highest BCUT2D eigenvalue weighted by Gasteiger charge is 2.09. The number of thiophene rings is 1. The van der Waals surface area contributed by atoms with Gasteiger partial charge in [-0.05, 0) is 28.6 Å². The van der Waals surface area contributed by atoms with Crippen molar-refractivity contribution in [3.05, 3.63) is 83.8 Å². The van der Waals surface area contributed by atoms with Crippen LogP contribution in [0.15, 0.2) is 72.6 Å². The third kappa shape index (κ3) is 2.96. The Morgan fingerprint density at radius 2 is 1.74 bits per heavy atom. The van der Waals surface area contributed by atoms with E-state index in [4.69, 9.17) is 0 Å². The second kappa shape index (κ2) is 6.22. The van der Waals surface area contributed by atoms with Gasteiger partial charge in [0.2, 0.25) is 0 Å². The Balaban J connectivity index is 1.64. The maximum Gasteiger partial charge on any atom is 0.150 e. The highest BCUT2D eigenvalue weighted by atomic mass is 32.1. The van der Waals surface area contributed by atoms with E-state index in [1.165, 1.54) is 16.0 Å². The fraction of sp³-hybridized carbons (Fsp3) is 0.111. The first-order valence-corrected chi connectivity index (χ1v) is 8.37. The molecule has 0 aliphatic rings. The lowest BCUT2D eigenvalue weighted by Crippen LogP contribution is -2.07. The van der Waals surface area contributed by atoms with Gasteiger partial charge >= 0.3 is 0 Å².